The SMILES string of the molecule is CCCCOC(=O)c1ccc(NC(=O)CN(c2ccccc2)S(=O)(=O)c2ccc(OC)c(C)c2)cc1. The smallest absolute Gasteiger partial charge is 0.338 e. The molecule has 0 saturated carbocycles. The minimum Gasteiger partial charge on any atom is -0.496 e. The van der Waals surface area contributed by atoms with Crippen molar-refractivity contribution in [3.8, 4) is 5.75 Å². The third-order valence-corrected chi connectivity index (χ3v) is 7.19. The van der Waals surface area contributed by atoms with Crippen molar-refractivity contribution >= 4 is 33.3 Å². The molecule has 1 N–H and O–H groups in total. The van der Waals surface area contributed by atoms with Crippen LogP contribution in [0.15, 0.2) is 77.7 Å². The maximum atomic E-state index is 13.6. The number of methoxy groups -OCH3 is 1. The van der Waals surface area contributed by atoms with Crippen LogP contribution in [0.1, 0.15) is 35.7 Å². The molecule has 3 aromatic rings. The van der Waals surface area contributed by atoms with Gasteiger partial charge in [0.15, 0.2) is 0 Å². The first kappa shape index (κ1) is 26.7. The van der Waals surface area contributed by atoms with Crippen LogP contribution in [0.5, 0.6) is 5.75 Å². The fraction of sp³-hybridized carbons (Fsp3) is 0.259. The predicted molar refractivity (Wildman–Crippen MR) is 139 cm³/mol. The first-order chi connectivity index (χ1) is 17.3. The normalized spacial score (nSPS) is 11.0. The molecule has 0 aliphatic rings. The van der Waals surface area contributed by atoms with Gasteiger partial charge in [0.05, 0.1) is 29.9 Å². The fourth-order valence-electron chi connectivity index (χ4n) is 3.46. The number of esters is 1. The number of aryl methyl sites for hydroxylation is 1. The molecule has 0 atom stereocenters. The van der Waals surface area contributed by atoms with Crippen LogP contribution in [0, 0.1) is 6.92 Å². The number of rotatable bonds is 11. The predicted octanol–water partition coefficient (Wildman–Crippen LogP) is 4.79. The van der Waals surface area contributed by atoms with Crippen molar-refractivity contribution < 1.29 is 27.5 Å². The van der Waals surface area contributed by atoms with Gasteiger partial charge in [-0.3, -0.25) is 9.10 Å². The second-order valence-electron chi connectivity index (χ2n) is 8.09. The summed E-state index contributed by atoms with van der Waals surface area (Å²) in [7, 11) is -2.55. The quantitative estimate of drug-likeness (QED) is 0.294. The molecule has 190 valence electrons. The highest BCUT2D eigenvalue weighted by atomic mass is 32.2. The number of hydrogen-bond acceptors (Lipinski definition) is 6. The van der Waals surface area contributed by atoms with E-state index in [1.165, 1.54) is 19.2 Å². The maximum Gasteiger partial charge on any atom is 0.338 e. The molecule has 9 heteroatoms. The topological polar surface area (TPSA) is 102 Å². The molecule has 8 nitrogen and oxygen atoms in total. The Balaban J connectivity index is 1.79. The van der Waals surface area contributed by atoms with Gasteiger partial charge in [0, 0.05) is 5.69 Å². The van der Waals surface area contributed by atoms with Crippen LogP contribution in [-0.4, -0.2) is 40.6 Å². The lowest BCUT2D eigenvalue weighted by Gasteiger charge is -2.24. The third-order valence-electron chi connectivity index (χ3n) is 5.42. The zero-order valence-corrected chi connectivity index (χ0v) is 21.4. The summed E-state index contributed by atoms with van der Waals surface area (Å²) in [6, 6.07) is 19.2. The van der Waals surface area contributed by atoms with E-state index in [9.17, 15) is 18.0 Å². The molecular formula is C27H30N2O6S. The number of hydrogen-bond donors (Lipinski definition) is 1. The van der Waals surface area contributed by atoms with Gasteiger partial charge >= 0.3 is 5.97 Å². The number of sulfonamides is 1. The Hall–Kier alpha value is -3.85. The Bertz CT molecular complexity index is 1290. The summed E-state index contributed by atoms with van der Waals surface area (Å²) in [6.45, 7) is 3.66. The zero-order chi connectivity index (χ0) is 26.1. The number of benzene rings is 3. The largest absolute Gasteiger partial charge is 0.496 e. The van der Waals surface area contributed by atoms with Crippen molar-refractivity contribution in [3.05, 3.63) is 83.9 Å². The van der Waals surface area contributed by atoms with Gasteiger partial charge in [-0.15, -0.1) is 0 Å². The van der Waals surface area contributed by atoms with Crippen LogP contribution in [-0.2, 0) is 19.6 Å². The molecule has 3 rings (SSSR count). The Morgan fingerprint density at radius 3 is 2.28 bits per heavy atom. The number of anilines is 2. The van der Waals surface area contributed by atoms with Crippen LogP contribution in [0.3, 0.4) is 0 Å². The first-order valence-corrected chi connectivity index (χ1v) is 13.0. The minimum absolute atomic E-state index is 0.0448. The van der Waals surface area contributed by atoms with Crippen LogP contribution in [0.25, 0.3) is 0 Å². The van der Waals surface area contributed by atoms with E-state index in [4.69, 9.17) is 9.47 Å². The zero-order valence-electron chi connectivity index (χ0n) is 20.6. The van der Waals surface area contributed by atoms with Crippen molar-refractivity contribution in [1.82, 2.24) is 0 Å². The highest BCUT2D eigenvalue weighted by Gasteiger charge is 2.27. The number of amides is 1. The highest BCUT2D eigenvalue weighted by Crippen LogP contribution is 2.27. The Morgan fingerprint density at radius 2 is 1.67 bits per heavy atom. The van der Waals surface area contributed by atoms with Crippen molar-refractivity contribution in [1.29, 1.82) is 0 Å². The van der Waals surface area contributed by atoms with E-state index in [2.05, 4.69) is 5.32 Å². The molecule has 3 aromatic carbocycles. The van der Waals surface area contributed by atoms with Gasteiger partial charge in [0.1, 0.15) is 12.3 Å². The van der Waals surface area contributed by atoms with Gasteiger partial charge in [-0.25, -0.2) is 13.2 Å². The highest BCUT2D eigenvalue weighted by molar-refractivity contribution is 7.92. The molecule has 0 aliphatic heterocycles. The van der Waals surface area contributed by atoms with E-state index in [0.717, 1.165) is 17.1 Å². The molecule has 1 amide bonds. The molecule has 0 unspecified atom stereocenters. The molecule has 0 aliphatic carbocycles. The standard InChI is InChI=1S/C27H30N2O6S/c1-4-5-17-35-27(31)21-11-13-22(14-12-21)28-26(30)19-29(23-9-7-6-8-10-23)36(32,33)24-15-16-25(34-3)20(2)18-24/h6-16,18H,4-5,17,19H2,1-3H3,(H,28,30). The third kappa shape index (κ3) is 6.63. The van der Waals surface area contributed by atoms with Gasteiger partial charge in [-0.1, -0.05) is 31.5 Å². The number of nitrogens with zero attached hydrogens (tertiary/aromatic N) is 1. The number of para-hydroxylation sites is 1. The molecule has 0 bridgehead atoms. The molecule has 0 aromatic heterocycles. The summed E-state index contributed by atoms with van der Waals surface area (Å²) in [5.74, 6) is -0.404. The summed E-state index contributed by atoms with van der Waals surface area (Å²) in [4.78, 5) is 25.0. The van der Waals surface area contributed by atoms with Gasteiger partial charge in [0.25, 0.3) is 10.0 Å². The van der Waals surface area contributed by atoms with E-state index in [1.807, 2.05) is 6.92 Å². The van der Waals surface area contributed by atoms with Crippen molar-refractivity contribution in [2.75, 3.05) is 29.9 Å². The van der Waals surface area contributed by atoms with Crippen LogP contribution >= 0.6 is 0 Å². The van der Waals surface area contributed by atoms with Crippen molar-refractivity contribution in [2.24, 2.45) is 0 Å². The van der Waals surface area contributed by atoms with E-state index < -0.39 is 28.4 Å². The van der Waals surface area contributed by atoms with E-state index in [-0.39, 0.29) is 4.90 Å². The number of unbranched alkanes of at least 4 members (excludes halogenated alkanes) is 1. The average Bonchev–Trinajstić information content (AvgIpc) is 2.88. The molecule has 0 spiro atoms. The summed E-state index contributed by atoms with van der Waals surface area (Å²) in [5, 5.41) is 2.70. The number of carbonyl (C=O) groups is 2. The first-order valence-electron chi connectivity index (χ1n) is 11.6. The Kier molecular flexibility index (Phi) is 9.08. The summed E-state index contributed by atoms with van der Waals surface area (Å²) in [6.07, 6.45) is 1.71. The lowest BCUT2D eigenvalue weighted by atomic mass is 10.2. The molecule has 36 heavy (non-hydrogen) atoms. The molecular weight excluding hydrogens is 480 g/mol. The van der Waals surface area contributed by atoms with E-state index >= 15 is 0 Å². The fourth-order valence-corrected chi connectivity index (χ4v) is 4.97. The summed E-state index contributed by atoms with van der Waals surface area (Å²) < 4.78 is 38.6. The van der Waals surface area contributed by atoms with E-state index in [0.29, 0.717) is 34.9 Å². The maximum absolute atomic E-state index is 13.6. The molecule has 0 fully saturated rings. The Labute approximate surface area is 211 Å². The van der Waals surface area contributed by atoms with E-state index in [1.54, 1.807) is 67.6 Å². The average molecular weight is 511 g/mol. The second-order valence-corrected chi connectivity index (χ2v) is 9.96. The lowest BCUT2D eigenvalue weighted by molar-refractivity contribution is -0.114. The van der Waals surface area contributed by atoms with Crippen molar-refractivity contribution in [3.63, 3.8) is 0 Å². The number of carbonyl (C=O) groups excluding carboxylic acids is 2. The monoisotopic (exact) mass is 510 g/mol. The lowest BCUT2D eigenvalue weighted by Crippen LogP contribution is -2.38. The number of nitrogens with one attached hydrogen (secondary N) is 1. The van der Waals surface area contributed by atoms with Gasteiger partial charge in [0.2, 0.25) is 5.91 Å². The Morgan fingerprint density at radius 1 is 0.972 bits per heavy atom. The van der Waals surface area contributed by atoms with Crippen molar-refractivity contribution in [2.45, 2.75) is 31.6 Å². The number of ether oxygens (including phenoxy) is 2. The van der Waals surface area contributed by atoms with Gasteiger partial charge in [-0.05, 0) is 73.5 Å². The minimum atomic E-state index is -4.06. The van der Waals surface area contributed by atoms with Crippen LogP contribution in [0.4, 0.5) is 11.4 Å². The molecule has 0 radical (unpaired) electrons. The molecule has 0 saturated heterocycles. The summed E-state index contributed by atoms with van der Waals surface area (Å²) >= 11 is 0. The van der Waals surface area contributed by atoms with Gasteiger partial charge < -0.3 is 14.8 Å². The van der Waals surface area contributed by atoms with Gasteiger partial charge in [-0.2, -0.15) is 0 Å². The second kappa shape index (κ2) is 12.2. The molecule has 0 heterocycles. The van der Waals surface area contributed by atoms with Crippen LogP contribution < -0.4 is 14.4 Å². The van der Waals surface area contributed by atoms with Crippen LogP contribution in [0.2, 0.25) is 0 Å². The summed E-state index contributed by atoms with van der Waals surface area (Å²) in [5.41, 5.74) is 1.80.